The van der Waals surface area contributed by atoms with Gasteiger partial charge in [-0.25, -0.2) is 0 Å². The standard InChI is InChI=1S/C14H29NO3/c1-2-3-4-5-6-7-8-12-11(10-16)14(18)13(17)9-15-12/h11-18H,2-10H2,1H3. The Hall–Kier alpha value is -0.160. The summed E-state index contributed by atoms with van der Waals surface area (Å²) in [5.41, 5.74) is 0. The van der Waals surface area contributed by atoms with Crippen molar-refractivity contribution in [3.8, 4) is 0 Å². The van der Waals surface area contributed by atoms with Crippen LogP contribution in [0.4, 0.5) is 0 Å². The summed E-state index contributed by atoms with van der Waals surface area (Å²) in [5, 5.41) is 31.9. The molecule has 108 valence electrons. The lowest BCUT2D eigenvalue weighted by molar-refractivity contribution is -0.0679. The first-order valence-electron chi connectivity index (χ1n) is 7.41. The van der Waals surface area contributed by atoms with E-state index in [0.717, 1.165) is 12.8 Å². The minimum absolute atomic E-state index is 0.0638. The fourth-order valence-corrected chi connectivity index (χ4v) is 2.76. The monoisotopic (exact) mass is 259 g/mol. The smallest absolute Gasteiger partial charge is 0.0927 e. The second kappa shape index (κ2) is 8.86. The Labute approximate surface area is 110 Å². The molecule has 0 radical (unpaired) electrons. The van der Waals surface area contributed by atoms with Crippen molar-refractivity contribution < 1.29 is 15.3 Å². The molecule has 1 rings (SSSR count). The molecule has 1 aliphatic rings. The molecule has 1 fully saturated rings. The Kier molecular flexibility index (Phi) is 7.82. The molecule has 0 aromatic rings. The van der Waals surface area contributed by atoms with Crippen LogP contribution in [0.25, 0.3) is 0 Å². The summed E-state index contributed by atoms with van der Waals surface area (Å²) in [4.78, 5) is 0. The van der Waals surface area contributed by atoms with Crippen molar-refractivity contribution >= 4 is 0 Å². The van der Waals surface area contributed by atoms with Crippen LogP contribution >= 0.6 is 0 Å². The van der Waals surface area contributed by atoms with Gasteiger partial charge in [0.2, 0.25) is 0 Å². The summed E-state index contributed by atoms with van der Waals surface area (Å²) in [6.45, 7) is 2.58. The topological polar surface area (TPSA) is 72.7 Å². The first-order chi connectivity index (χ1) is 8.70. The lowest BCUT2D eigenvalue weighted by Crippen LogP contribution is -2.57. The Bertz CT molecular complexity index is 213. The van der Waals surface area contributed by atoms with Gasteiger partial charge in [0.1, 0.15) is 0 Å². The number of hydrogen-bond acceptors (Lipinski definition) is 4. The molecule has 4 N–H and O–H groups in total. The van der Waals surface area contributed by atoms with E-state index in [0.29, 0.717) is 6.54 Å². The molecule has 0 amide bonds. The molecular formula is C14H29NO3. The third-order valence-electron chi connectivity index (χ3n) is 4.02. The van der Waals surface area contributed by atoms with Gasteiger partial charge in [-0.1, -0.05) is 45.4 Å². The number of aliphatic hydroxyl groups is 3. The molecule has 18 heavy (non-hydrogen) atoms. The Balaban J connectivity index is 2.20. The number of piperidine rings is 1. The SMILES string of the molecule is CCCCCCCCC1NCC(O)C(O)C1CO. The molecule has 1 aliphatic heterocycles. The summed E-state index contributed by atoms with van der Waals surface area (Å²) in [6, 6.07) is 0.138. The van der Waals surface area contributed by atoms with Crippen LogP contribution in [-0.4, -0.2) is 46.7 Å². The zero-order valence-electron chi connectivity index (χ0n) is 11.5. The summed E-state index contributed by atoms with van der Waals surface area (Å²) in [6.07, 6.45) is 6.93. The molecule has 4 heteroatoms. The third kappa shape index (κ3) is 4.84. The Morgan fingerprint density at radius 2 is 1.72 bits per heavy atom. The molecule has 0 bridgehead atoms. The molecule has 0 saturated carbocycles. The van der Waals surface area contributed by atoms with Gasteiger partial charge in [0, 0.05) is 25.1 Å². The van der Waals surface area contributed by atoms with Gasteiger partial charge in [-0.15, -0.1) is 0 Å². The fourth-order valence-electron chi connectivity index (χ4n) is 2.76. The van der Waals surface area contributed by atoms with Crippen molar-refractivity contribution in [2.24, 2.45) is 5.92 Å². The van der Waals surface area contributed by atoms with Crippen molar-refractivity contribution in [1.29, 1.82) is 0 Å². The average Bonchev–Trinajstić information content (AvgIpc) is 2.38. The van der Waals surface area contributed by atoms with Gasteiger partial charge < -0.3 is 20.6 Å². The summed E-state index contributed by atoms with van der Waals surface area (Å²) in [7, 11) is 0. The third-order valence-corrected chi connectivity index (χ3v) is 4.02. The average molecular weight is 259 g/mol. The number of aliphatic hydroxyl groups excluding tert-OH is 3. The lowest BCUT2D eigenvalue weighted by Gasteiger charge is -2.38. The Morgan fingerprint density at radius 1 is 1.06 bits per heavy atom. The van der Waals surface area contributed by atoms with E-state index in [1.165, 1.54) is 32.1 Å². The Morgan fingerprint density at radius 3 is 2.39 bits per heavy atom. The zero-order valence-corrected chi connectivity index (χ0v) is 11.5. The van der Waals surface area contributed by atoms with E-state index in [9.17, 15) is 15.3 Å². The predicted molar refractivity (Wildman–Crippen MR) is 72.4 cm³/mol. The van der Waals surface area contributed by atoms with Crippen LogP contribution in [0.3, 0.4) is 0 Å². The molecule has 0 aromatic heterocycles. The van der Waals surface area contributed by atoms with Crippen molar-refractivity contribution in [1.82, 2.24) is 5.32 Å². The molecule has 4 atom stereocenters. The van der Waals surface area contributed by atoms with Crippen molar-refractivity contribution in [2.45, 2.75) is 70.1 Å². The normalized spacial score (nSPS) is 32.7. The van der Waals surface area contributed by atoms with Gasteiger partial charge >= 0.3 is 0 Å². The van der Waals surface area contributed by atoms with E-state index in [2.05, 4.69) is 12.2 Å². The summed E-state index contributed by atoms with van der Waals surface area (Å²) in [5.74, 6) is -0.232. The number of unbranched alkanes of at least 4 members (excludes halogenated alkanes) is 5. The number of nitrogens with one attached hydrogen (secondary N) is 1. The molecule has 0 aromatic carbocycles. The number of rotatable bonds is 8. The first-order valence-corrected chi connectivity index (χ1v) is 7.41. The van der Waals surface area contributed by atoms with E-state index in [-0.39, 0.29) is 18.6 Å². The second-order valence-electron chi connectivity index (χ2n) is 5.48. The first kappa shape index (κ1) is 15.9. The summed E-state index contributed by atoms with van der Waals surface area (Å²) < 4.78 is 0. The maximum absolute atomic E-state index is 9.83. The highest BCUT2D eigenvalue weighted by molar-refractivity contribution is 4.91. The second-order valence-corrected chi connectivity index (χ2v) is 5.48. The van der Waals surface area contributed by atoms with E-state index in [4.69, 9.17) is 0 Å². The minimum atomic E-state index is -0.790. The van der Waals surface area contributed by atoms with E-state index in [1.54, 1.807) is 0 Å². The largest absolute Gasteiger partial charge is 0.396 e. The maximum atomic E-state index is 9.83. The lowest BCUT2D eigenvalue weighted by atomic mass is 9.84. The molecule has 1 saturated heterocycles. The van der Waals surface area contributed by atoms with Gasteiger partial charge in [0.15, 0.2) is 0 Å². The molecule has 1 heterocycles. The molecule has 4 nitrogen and oxygen atoms in total. The van der Waals surface area contributed by atoms with Crippen LogP contribution in [0, 0.1) is 5.92 Å². The molecular weight excluding hydrogens is 230 g/mol. The van der Waals surface area contributed by atoms with Crippen LogP contribution in [-0.2, 0) is 0 Å². The van der Waals surface area contributed by atoms with Crippen LogP contribution in [0.15, 0.2) is 0 Å². The molecule has 0 spiro atoms. The highest BCUT2D eigenvalue weighted by Gasteiger charge is 2.36. The van der Waals surface area contributed by atoms with Crippen LogP contribution in [0.5, 0.6) is 0 Å². The van der Waals surface area contributed by atoms with Gasteiger partial charge in [-0.05, 0) is 6.42 Å². The number of hydrogen-bond donors (Lipinski definition) is 4. The fraction of sp³-hybridized carbons (Fsp3) is 1.00. The highest BCUT2D eigenvalue weighted by Crippen LogP contribution is 2.21. The highest BCUT2D eigenvalue weighted by atomic mass is 16.3. The summed E-state index contributed by atoms with van der Waals surface area (Å²) >= 11 is 0. The van der Waals surface area contributed by atoms with Crippen LogP contribution < -0.4 is 5.32 Å². The quantitative estimate of drug-likeness (QED) is 0.492. The maximum Gasteiger partial charge on any atom is 0.0927 e. The minimum Gasteiger partial charge on any atom is -0.396 e. The predicted octanol–water partition coefficient (Wildman–Crippen LogP) is 1.04. The van der Waals surface area contributed by atoms with E-state index in [1.807, 2.05) is 0 Å². The van der Waals surface area contributed by atoms with Crippen molar-refractivity contribution in [3.05, 3.63) is 0 Å². The molecule has 4 unspecified atom stereocenters. The number of β-amino-alcohol motifs (C(OH)–C–C–N with tert-alkyl or cyclic N) is 1. The van der Waals surface area contributed by atoms with Crippen LogP contribution in [0.1, 0.15) is 51.9 Å². The van der Waals surface area contributed by atoms with Gasteiger partial charge in [0.25, 0.3) is 0 Å². The van der Waals surface area contributed by atoms with Crippen molar-refractivity contribution in [2.75, 3.05) is 13.2 Å². The van der Waals surface area contributed by atoms with Gasteiger partial charge in [-0.3, -0.25) is 0 Å². The zero-order chi connectivity index (χ0) is 13.4. The molecule has 0 aliphatic carbocycles. The van der Waals surface area contributed by atoms with Gasteiger partial charge in [0.05, 0.1) is 12.2 Å². The van der Waals surface area contributed by atoms with E-state index >= 15 is 0 Å². The van der Waals surface area contributed by atoms with E-state index < -0.39 is 12.2 Å². The van der Waals surface area contributed by atoms with Gasteiger partial charge in [-0.2, -0.15) is 0 Å². The van der Waals surface area contributed by atoms with Crippen LogP contribution in [0.2, 0.25) is 0 Å². The van der Waals surface area contributed by atoms with Crippen molar-refractivity contribution in [3.63, 3.8) is 0 Å².